The number of aromatic amines is 1. The van der Waals surface area contributed by atoms with E-state index in [1.165, 1.54) is 17.7 Å². The van der Waals surface area contributed by atoms with Crippen LogP contribution in [0.25, 0.3) is 10.9 Å². The van der Waals surface area contributed by atoms with Gasteiger partial charge in [0, 0.05) is 55.6 Å². The highest BCUT2D eigenvalue weighted by Crippen LogP contribution is 2.25. The molecule has 6 amide bonds. The number of carbonyl (C=O) groups excluding carboxylic acids is 6. The average molecular weight is 881 g/mol. The Kier molecular flexibility index (Phi) is 17.1. The second kappa shape index (κ2) is 22.4. The Hall–Kier alpha value is -6.26. The van der Waals surface area contributed by atoms with Gasteiger partial charge in [-0.25, -0.2) is 9.18 Å². The van der Waals surface area contributed by atoms with E-state index in [0.717, 1.165) is 22.0 Å². The molecular weight excluding hydrogens is 818 g/mol. The fourth-order valence-corrected chi connectivity index (χ4v) is 7.85. The lowest BCUT2D eigenvalue weighted by Crippen LogP contribution is -2.67. The number of primary amides is 1. The molecule has 0 aliphatic carbocycles. The van der Waals surface area contributed by atoms with Crippen molar-refractivity contribution in [2.24, 2.45) is 11.7 Å². The van der Waals surface area contributed by atoms with Crippen LogP contribution in [-0.2, 0) is 48.2 Å². The maximum Gasteiger partial charge on any atom is 0.406 e. The summed E-state index contributed by atoms with van der Waals surface area (Å²) in [5, 5.41) is 15.7. The van der Waals surface area contributed by atoms with Gasteiger partial charge in [-0.15, -0.1) is 0 Å². The van der Waals surface area contributed by atoms with Crippen LogP contribution in [0.4, 0.5) is 4.39 Å². The molecule has 8 N–H and O–H groups in total. The van der Waals surface area contributed by atoms with Gasteiger partial charge in [0.15, 0.2) is 0 Å². The third kappa shape index (κ3) is 13.1. The number of hydrogen-bond donors (Lipinski definition) is 7. The Morgan fingerprint density at radius 2 is 1.56 bits per heavy atom. The summed E-state index contributed by atoms with van der Waals surface area (Å²) in [6, 6.07) is 20.1. The SMILES string of the molecule is Cc1ccc(CNCC(=O)N2CCC(NC(=O)C(CC(C)C)=[N+](C)C(=O)CNC(=O)[C@H](Cc3ccccc3)NC(C)C)(C(=O)N[C@@H](Cc3c[nH]c4ccccc34)C(N)=O)CC2)cc1F. The van der Waals surface area contributed by atoms with Gasteiger partial charge in [-0.05, 0) is 66.5 Å². The van der Waals surface area contributed by atoms with E-state index >= 15 is 0 Å². The molecule has 1 saturated heterocycles. The van der Waals surface area contributed by atoms with Gasteiger partial charge in [-0.1, -0.05) is 88.4 Å². The number of para-hydroxylation sites is 1. The number of likely N-dealkylation sites (N-methyl/N-ethyl adjacent to an activating group) is 1. The number of nitrogens with two attached hydrogens (primary N) is 1. The predicted molar refractivity (Wildman–Crippen MR) is 244 cm³/mol. The van der Waals surface area contributed by atoms with Crippen LogP contribution < -0.4 is 32.3 Å². The highest BCUT2D eigenvalue weighted by atomic mass is 19.1. The molecule has 64 heavy (non-hydrogen) atoms. The maximum atomic E-state index is 14.6. The zero-order chi connectivity index (χ0) is 46.6. The number of aromatic nitrogens is 1. The molecule has 1 aliphatic rings. The number of benzene rings is 3. The van der Waals surface area contributed by atoms with Crippen molar-refractivity contribution < 1.29 is 37.7 Å². The van der Waals surface area contributed by atoms with Crippen molar-refractivity contribution in [3.63, 3.8) is 0 Å². The van der Waals surface area contributed by atoms with E-state index in [4.69, 9.17) is 5.73 Å². The Morgan fingerprint density at radius 1 is 0.875 bits per heavy atom. The van der Waals surface area contributed by atoms with Gasteiger partial charge in [0.25, 0.3) is 0 Å². The van der Waals surface area contributed by atoms with Gasteiger partial charge in [0.2, 0.25) is 29.3 Å². The number of carbonyl (C=O) groups is 6. The number of halogens is 1. The number of hydrogen-bond acceptors (Lipinski definition) is 8. The molecule has 2 heterocycles. The fourth-order valence-electron chi connectivity index (χ4n) is 7.85. The van der Waals surface area contributed by atoms with Gasteiger partial charge in [0.05, 0.1) is 12.6 Å². The summed E-state index contributed by atoms with van der Waals surface area (Å²) >= 11 is 0. The summed E-state index contributed by atoms with van der Waals surface area (Å²) in [6.45, 7) is 9.27. The normalized spacial score (nSPS) is 15.0. The Labute approximate surface area is 374 Å². The fraction of sp³-hybridized carbons (Fsp3) is 0.438. The van der Waals surface area contributed by atoms with Crippen LogP contribution in [-0.4, -0.2) is 113 Å². The van der Waals surface area contributed by atoms with Crippen molar-refractivity contribution >= 4 is 52.1 Å². The molecular formula is C48H63FN9O6+. The second-order valence-corrected chi connectivity index (χ2v) is 17.4. The molecule has 5 rings (SSSR count). The van der Waals surface area contributed by atoms with Crippen molar-refractivity contribution in [3.8, 4) is 0 Å². The zero-order valence-electron chi connectivity index (χ0n) is 37.7. The lowest BCUT2D eigenvalue weighted by Gasteiger charge is -2.41. The number of fused-ring (bicyclic) bond motifs is 1. The summed E-state index contributed by atoms with van der Waals surface area (Å²) in [7, 11) is 1.45. The van der Waals surface area contributed by atoms with Gasteiger partial charge >= 0.3 is 11.8 Å². The molecule has 0 spiro atoms. The van der Waals surface area contributed by atoms with Gasteiger partial charge < -0.3 is 42.2 Å². The largest absolute Gasteiger partial charge is 0.406 e. The number of H-pyrrole nitrogens is 1. The first kappa shape index (κ1) is 48.8. The smallest absolute Gasteiger partial charge is 0.368 e. The molecule has 2 atom stereocenters. The van der Waals surface area contributed by atoms with E-state index in [0.29, 0.717) is 17.5 Å². The number of amides is 6. The monoisotopic (exact) mass is 880 g/mol. The summed E-state index contributed by atoms with van der Waals surface area (Å²) in [5.74, 6) is -3.73. The Bertz CT molecular complexity index is 2340. The molecule has 0 bridgehead atoms. The minimum atomic E-state index is -1.62. The first-order chi connectivity index (χ1) is 30.5. The number of aryl methyl sites for hydroxylation is 1. The summed E-state index contributed by atoms with van der Waals surface area (Å²) in [6.07, 6.45) is 2.34. The molecule has 1 fully saturated rings. The highest BCUT2D eigenvalue weighted by Gasteiger charge is 2.46. The summed E-state index contributed by atoms with van der Waals surface area (Å²) in [5.41, 5.74) is 8.08. The maximum absolute atomic E-state index is 14.6. The van der Waals surface area contributed by atoms with Crippen LogP contribution in [0.5, 0.6) is 0 Å². The molecule has 1 aliphatic heterocycles. The Morgan fingerprint density at radius 3 is 2.22 bits per heavy atom. The van der Waals surface area contributed by atoms with Gasteiger partial charge in [-0.2, -0.15) is 4.58 Å². The second-order valence-electron chi connectivity index (χ2n) is 17.4. The molecule has 15 nitrogen and oxygen atoms in total. The lowest BCUT2D eigenvalue weighted by molar-refractivity contribution is -0.418. The predicted octanol–water partition coefficient (Wildman–Crippen LogP) is 2.78. The Balaban J connectivity index is 1.35. The van der Waals surface area contributed by atoms with Crippen molar-refractivity contribution in [2.75, 3.05) is 33.2 Å². The number of likely N-dealkylation sites (tertiary alicyclic amines) is 1. The quantitative estimate of drug-likeness (QED) is 0.0518. The molecule has 0 unspecified atom stereocenters. The third-order valence-corrected chi connectivity index (χ3v) is 11.5. The average Bonchev–Trinajstić information content (AvgIpc) is 3.67. The van der Waals surface area contributed by atoms with E-state index in [9.17, 15) is 33.2 Å². The molecule has 0 saturated carbocycles. The van der Waals surface area contributed by atoms with E-state index in [-0.39, 0.29) is 93.7 Å². The van der Waals surface area contributed by atoms with Crippen LogP contribution in [0.1, 0.15) is 69.2 Å². The molecule has 3 aromatic carbocycles. The van der Waals surface area contributed by atoms with E-state index in [1.54, 1.807) is 30.2 Å². The first-order valence-corrected chi connectivity index (χ1v) is 21.9. The van der Waals surface area contributed by atoms with Crippen LogP contribution in [0.2, 0.25) is 0 Å². The molecule has 16 heteroatoms. The van der Waals surface area contributed by atoms with Gasteiger partial charge in [-0.3, -0.25) is 24.0 Å². The van der Waals surface area contributed by atoms with Crippen molar-refractivity contribution in [1.29, 1.82) is 0 Å². The number of rotatable bonds is 20. The van der Waals surface area contributed by atoms with Crippen LogP contribution >= 0.6 is 0 Å². The first-order valence-electron chi connectivity index (χ1n) is 21.9. The summed E-state index contributed by atoms with van der Waals surface area (Å²) < 4.78 is 15.3. The molecule has 4 aromatic rings. The lowest BCUT2D eigenvalue weighted by atomic mass is 9.85. The minimum absolute atomic E-state index is 0.0123. The molecule has 0 radical (unpaired) electrons. The standard InChI is InChI=1S/C48H62FN9O6/c1-30(2)22-41(57(6)42(59)29-53-45(62)40(54-31(3)4)24-33-12-8-7-9-13-33)46(63)56-48(47(64)55-39(44(50)61)25-35-27-52-38-15-11-10-14-36(35)38)18-20-58(21-19-48)43(60)28-51-26-34-17-16-32(5)37(49)23-34/h7-17,23,27,30-31,39-40,51-52,54H,18-22,24-26,28-29H2,1-6H3,(H4-,50,53,55,56,61,62,63,64)/p+1/t39-,40-/m0/s1. The number of piperidine rings is 1. The summed E-state index contributed by atoms with van der Waals surface area (Å²) in [4.78, 5) is 87.4. The van der Waals surface area contributed by atoms with E-state index in [1.807, 2.05) is 82.3 Å². The molecule has 342 valence electrons. The van der Waals surface area contributed by atoms with Crippen LogP contribution in [0, 0.1) is 18.7 Å². The van der Waals surface area contributed by atoms with E-state index in [2.05, 4.69) is 31.6 Å². The highest BCUT2D eigenvalue weighted by molar-refractivity contribution is 6.38. The topological polar surface area (TPSA) is 211 Å². The van der Waals surface area contributed by atoms with Gasteiger partial charge in [0.1, 0.15) is 31.0 Å². The molecule has 1 aromatic heterocycles. The van der Waals surface area contributed by atoms with E-state index < -0.39 is 41.3 Å². The van der Waals surface area contributed by atoms with Crippen molar-refractivity contribution in [2.45, 2.75) is 96.9 Å². The number of nitrogens with zero attached hydrogens (tertiary/aromatic N) is 2. The third-order valence-electron chi connectivity index (χ3n) is 11.5. The van der Waals surface area contributed by atoms with Crippen molar-refractivity contribution in [1.82, 2.24) is 36.5 Å². The van der Waals surface area contributed by atoms with Crippen molar-refractivity contribution in [3.05, 3.63) is 107 Å². The minimum Gasteiger partial charge on any atom is -0.368 e. The zero-order valence-corrected chi connectivity index (χ0v) is 37.7. The van der Waals surface area contributed by atoms with Crippen LogP contribution in [0.3, 0.4) is 0 Å². The number of nitrogens with one attached hydrogen (secondary N) is 6. The van der Waals surface area contributed by atoms with Crippen LogP contribution in [0.15, 0.2) is 79.0 Å².